The third kappa shape index (κ3) is 3.94. The van der Waals surface area contributed by atoms with Gasteiger partial charge in [0.1, 0.15) is 5.82 Å². The molecule has 1 aliphatic rings. The summed E-state index contributed by atoms with van der Waals surface area (Å²) in [7, 11) is 0. The van der Waals surface area contributed by atoms with Crippen LogP contribution in [0.15, 0.2) is 24.3 Å². The summed E-state index contributed by atoms with van der Waals surface area (Å²) in [4.78, 5) is 2.50. The summed E-state index contributed by atoms with van der Waals surface area (Å²) in [5.41, 5.74) is 1.22. The summed E-state index contributed by atoms with van der Waals surface area (Å²) in [6.45, 7) is 8.75. The zero-order valence-corrected chi connectivity index (χ0v) is 11.8. The number of benzene rings is 1. The maximum absolute atomic E-state index is 12.9. The molecule has 1 N–H and O–H groups in total. The van der Waals surface area contributed by atoms with E-state index in [4.69, 9.17) is 0 Å². The lowest BCUT2D eigenvalue weighted by atomic mass is 9.99. The quantitative estimate of drug-likeness (QED) is 0.910. The van der Waals surface area contributed by atoms with E-state index < -0.39 is 0 Å². The Kier molecular flexibility index (Phi) is 6.06. The summed E-state index contributed by atoms with van der Waals surface area (Å²) in [5.74, 6) is 0.299. The van der Waals surface area contributed by atoms with Crippen LogP contribution in [0.2, 0.25) is 0 Å². The molecular weight excluding hydrogens is 251 g/mol. The number of halogens is 2. The van der Waals surface area contributed by atoms with Gasteiger partial charge in [0.05, 0.1) is 0 Å². The zero-order chi connectivity index (χ0) is 12.3. The number of piperazine rings is 1. The Morgan fingerprint density at radius 2 is 2.06 bits per heavy atom. The lowest BCUT2D eigenvalue weighted by molar-refractivity contribution is 0.166. The summed E-state index contributed by atoms with van der Waals surface area (Å²) >= 11 is 0. The smallest absolute Gasteiger partial charge is 0.123 e. The van der Waals surface area contributed by atoms with Gasteiger partial charge in [0.2, 0.25) is 0 Å². The molecule has 0 aromatic heterocycles. The molecule has 102 valence electrons. The number of nitrogens with one attached hydrogen (secondary N) is 1. The Morgan fingerprint density at radius 1 is 1.39 bits per heavy atom. The maximum atomic E-state index is 12.9. The third-order valence-corrected chi connectivity index (χ3v) is 3.59. The van der Waals surface area contributed by atoms with E-state index in [-0.39, 0.29) is 18.2 Å². The first-order valence-electron chi connectivity index (χ1n) is 6.37. The second kappa shape index (κ2) is 7.07. The van der Waals surface area contributed by atoms with E-state index in [0.29, 0.717) is 12.0 Å². The van der Waals surface area contributed by atoms with E-state index in [1.54, 1.807) is 12.1 Å². The molecule has 1 fully saturated rings. The Balaban J connectivity index is 0.00000162. The standard InChI is InChI=1S/C14H21FN2.ClH/c1-11(13-3-5-14(15)6-4-13)10-17-8-7-16-9-12(17)2;/h3-6,11-12,16H,7-10H2,1-2H3;1H/t11?,12-;/m0./s1. The van der Waals surface area contributed by atoms with Crippen LogP contribution < -0.4 is 5.32 Å². The van der Waals surface area contributed by atoms with Crippen molar-refractivity contribution in [2.75, 3.05) is 26.2 Å². The number of nitrogens with zero attached hydrogens (tertiary/aromatic N) is 1. The van der Waals surface area contributed by atoms with Crippen molar-refractivity contribution in [2.24, 2.45) is 0 Å². The second-order valence-corrected chi connectivity index (χ2v) is 5.00. The minimum atomic E-state index is -0.156. The molecule has 1 saturated heterocycles. The molecule has 2 atom stereocenters. The predicted molar refractivity (Wildman–Crippen MR) is 76.0 cm³/mol. The third-order valence-electron chi connectivity index (χ3n) is 3.59. The Bertz CT molecular complexity index is 355. The van der Waals surface area contributed by atoms with Crippen LogP contribution in [-0.4, -0.2) is 37.1 Å². The minimum absolute atomic E-state index is 0. The van der Waals surface area contributed by atoms with Crippen LogP contribution in [0, 0.1) is 5.82 Å². The van der Waals surface area contributed by atoms with E-state index in [2.05, 4.69) is 24.1 Å². The second-order valence-electron chi connectivity index (χ2n) is 5.00. The normalized spacial score (nSPS) is 22.3. The van der Waals surface area contributed by atoms with E-state index >= 15 is 0 Å². The Hall–Kier alpha value is -0.640. The molecule has 1 heterocycles. The van der Waals surface area contributed by atoms with Gasteiger partial charge in [-0.05, 0) is 30.5 Å². The summed E-state index contributed by atoms with van der Waals surface area (Å²) < 4.78 is 12.9. The Labute approximate surface area is 115 Å². The van der Waals surface area contributed by atoms with Gasteiger partial charge >= 0.3 is 0 Å². The van der Waals surface area contributed by atoms with E-state index in [0.717, 1.165) is 26.2 Å². The first-order valence-corrected chi connectivity index (χ1v) is 6.37. The van der Waals surface area contributed by atoms with Crippen molar-refractivity contribution in [3.8, 4) is 0 Å². The molecule has 2 nitrogen and oxygen atoms in total. The van der Waals surface area contributed by atoms with Crippen molar-refractivity contribution in [1.82, 2.24) is 10.2 Å². The lowest BCUT2D eigenvalue weighted by Gasteiger charge is -2.35. The topological polar surface area (TPSA) is 15.3 Å². The molecule has 0 aliphatic carbocycles. The van der Waals surface area contributed by atoms with Gasteiger partial charge in [0, 0.05) is 32.2 Å². The number of hydrogen-bond acceptors (Lipinski definition) is 2. The van der Waals surface area contributed by atoms with E-state index in [1.165, 1.54) is 5.56 Å². The lowest BCUT2D eigenvalue weighted by Crippen LogP contribution is -2.50. The van der Waals surface area contributed by atoms with Gasteiger partial charge in [0.15, 0.2) is 0 Å². The fourth-order valence-corrected chi connectivity index (χ4v) is 2.40. The molecule has 1 aromatic rings. The molecule has 0 amide bonds. The Morgan fingerprint density at radius 3 is 2.67 bits per heavy atom. The summed E-state index contributed by atoms with van der Waals surface area (Å²) in [5, 5.41) is 3.39. The minimum Gasteiger partial charge on any atom is -0.314 e. The highest BCUT2D eigenvalue weighted by molar-refractivity contribution is 5.85. The van der Waals surface area contributed by atoms with Gasteiger partial charge in [-0.2, -0.15) is 0 Å². The highest BCUT2D eigenvalue weighted by Crippen LogP contribution is 2.18. The average molecular weight is 273 g/mol. The van der Waals surface area contributed by atoms with Crippen LogP contribution in [0.1, 0.15) is 25.3 Å². The molecule has 4 heteroatoms. The fourth-order valence-electron chi connectivity index (χ4n) is 2.40. The monoisotopic (exact) mass is 272 g/mol. The van der Waals surface area contributed by atoms with Crippen molar-refractivity contribution in [3.63, 3.8) is 0 Å². The maximum Gasteiger partial charge on any atom is 0.123 e. The van der Waals surface area contributed by atoms with Crippen molar-refractivity contribution in [1.29, 1.82) is 0 Å². The zero-order valence-electron chi connectivity index (χ0n) is 11.0. The van der Waals surface area contributed by atoms with E-state index in [9.17, 15) is 4.39 Å². The van der Waals surface area contributed by atoms with E-state index in [1.807, 2.05) is 12.1 Å². The largest absolute Gasteiger partial charge is 0.314 e. The summed E-state index contributed by atoms with van der Waals surface area (Å²) in [6.07, 6.45) is 0. The fraction of sp³-hybridized carbons (Fsp3) is 0.571. The van der Waals surface area contributed by atoms with Crippen LogP contribution in [0.25, 0.3) is 0 Å². The molecule has 0 spiro atoms. The first-order chi connectivity index (χ1) is 8.16. The molecule has 0 radical (unpaired) electrons. The van der Waals surface area contributed by atoms with Crippen molar-refractivity contribution in [3.05, 3.63) is 35.6 Å². The first kappa shape index (κ1) is 15.4. The number of rotatable bonds is 3. The van der Waals surface area contributed by atoms with Crippen LogP contribution in [0.4, 0.5) is 4.39 Å². The molecule has 18 heavy (non-hydrogen) atoms. The SMILES string of the molecule is CC(CN1CCNC[C@@H]1C)c1ccc(F)cc1.Cl. The van der Waals surface area contributed by atoms with Crippen LogP contribution in [0.5, 0.6) is 0 Å². The van der Waals surface area contributed by atoms with Crippen LogP contribution in [-0.2, 0) is 0 Å². The number of hydrogen-bond donors (Lipinski definition) is 1. The van der Waals surface area contributed by atoms with Gasteiger partial charge in [-0.3, -0.25) is 4.90 Å². The molecule has 1 aromatic carbocycles. The van der Waals surface area contributed by atoms with Gasteiger partial charge in [-0.15, -0.1) is 12.4 Å². The predicted octanol–water partition coefficient (Wildman–Crippen LogP) is 2.64. The molecule has 1 unspecified atom stereocenters. The van der Waals surface area contributed by atoms with Crippen molar-refractivity contribution >= 4 is 12.4 Å². The average Bonchev–Trinajstić information content (AvgIpc) is 2.33. The molecule has 0 saturated carbocycles. The van der Waals surface area contributed by atoms with Crippen LogP contribution >= 0.6 is 12.4 Å². The van der Waals surface area contributed by atoms with Crippen molar-refractivity contribution in [2.45, 2.75) is 25.8 Å². The van der Waals surface area contributed by atoms with Gasteiger partial charge in [-0.1, -0.05) is 19.1 Å². The highest BCUT2D eigenvalue weighted by atomic mass is 35.5. The van der Waals surface area contributed by atoms with Gasteiger partial charge < -0.3 is 5.32 Å². The van der Waals surface area contributed by atoms with Gasteiger partial charge in [-0.25, -0.2) is 4.39 Å². The molecular formula is C14H22ClFN2. The highest BCUT2D eigenvalue weighted by Gasteiger charge is 2.20. The molecule has 0 bridgehead atoms. The van der Waals surface area contributed by atoms with Crippen molar-refractivity contribution < 1.29 is 4.39 Å². The molecule has 1 aliphatic heterocycles. The van der Waals surface area contributed by atoms with Crippen LogP contribution in [0.3, 0.4) is 0 Å². The van der Waals surface area contributed by atoms with Gasteiger partial charge in [0.25, 0.3) is 0 Å². The summed E-state index contributed by atoms with van der Waals surface area (Å²) in [6, 6.07) is 7.48. The molecule has 2 rings (SSSR count).